The topological polar surface area (TPSA) is 62.5 Å². The normalized spacial score (nSPS) is 21.5. The fraction of sp³-hybridized carbons (Fsp3) is 0.714. The lowest BCUT2D eigenvalue weighted by molar-refractivity contribution is 0.0369. The Morgan fingerprint density at radius 1 is 1.32 bits per heavy atom. The van der Waals surface area contributed by atoms with Crippen LogP contribution in [0.3, 0.4) is 0 Å². The maximum Gasteiger partial charge on any atom is 0.273 e. The number of fused-ring (bicyclic) bond motifs is 1. The summed E-state index contributed by atoms with van der Waals surface area (Å²) in [6, 6.07) is 0.559. The van der Waals surface area contributed by atoms with Gasteiger partial charge in [-0.05, 0) is 25.9 Å². The van der Waals surface area contributed by atoms with Gasteiger partial charge in [0.1, 0.15) is 5.69 Å². The average molecular weight is 367 g/mol. The first-order chi connectivity index (χ1) is 9.78. The maximum atomic E-state index is 12.5. The van der Waals surface area contributed by atoms with Crippen LogP contribution in [0, 0.1) is 0 Å². The van der Waals surface area contributed by atoms with Crippen LogP contribution in [0.1, 0.15) is 34.8 Å². The first-order valence-electron chi connectivity index (χ1n) is 7.45. The molecule has 2 aliphatic rings. The Labute approximate surface area is 148 Å². The minimum Gasteiger partial charge on any atom is -0.334 e. The highest BCUT2D eigenvalue weighted by molar-refractivity contribution is 7.09. The van der Waals surface area contributed by atoms with Crippen molar-refractivity contribution in [3.63, 3.8) is 0 Å². The van der Waals surface area contributed by atoms with Crippen LogP contribution in [0.5, 0.6) is 0 Å². The number of hydrogen-bond acceptors (Lipinski definition) is 5. The first-order valence-corrected chi connectivity index (χ1v) is 8.33. The number of halogens is 2. The molecule has 0 aliphatic carbocycles. The van der Waals surface area contributed by atoms with Crippen molar-refractivity contribution in [2.24, 2.45) is 5.73 Å². The van der Waals surface area contributed by atoms with Gasteiger partial charge in [-0.15, -0.1) is 36.2 Å². The van der Waals surface area contributed by atoms with Gasteiger partial charge in [-0.2, -0.15) is 0 Å². The third kappa shape index (κ3) is 4.32. The number of thiazole rings is 1. The van der Waals surface area contributed by atoms with Crippen molar-refractivity contribution in [3.05, 3.63) is 16.1 Å². The molecule has 1 atom stereocenters. The number of carbonyl (C=O) groups excluding carboxylic acids is 1. The number of rotatable bonds is 3. The lowest BCUT2D eigenvalue weighted by Gasteiger charge is -2.43. The summed E-state index contributed by atoms with van der Waals surface area (Å²) in [7, 11) is 0. The summed E-state index contributed by atoms with van der Waals surface area (Å²) >= 11 is 1.54. The van der Waals surface area contributed by atoms with Crippen molar-refractivity contribution < 1.29 is 4.79 Å². The van der Waals surface area contributed by atoms with Crippen LogP contribution in [0.25, 0.3) is 0 Å². The molecule has 3 rings (SSSR count). The second-order valence-corrected chi connectivity index (χ2v) is 6.54. The quantitative estimate of drug-likeness (QED) is 0.885. The van der Waals surface area contributed by atoms with Gasteiger partial charge in [-0.25, -0.2) is 4.98 Å². The largest absolute Gasteiger partial charge is 0.334 e. The highest BCUT2D eigenvalue weighted by Crippen LogP contribution is 2.22. The van der Waals surface area contributed by atoms with Gasteiger partial charge in [0.25, 0.3) is 5.91 Å². The molecular weight excluding hydrogens is 343 g/mol. The summed E-state index contributed by atoms with van der Waals surface area (Å²) in [5.41, 5.74) is 6.13. The van der Waals surface area contributed by atoms with Crippen molar-refractivity contribution in [3.8, 4) is 0 Å². The van der Waals surface area contributed by atoms with Crippen LogP contribution < -0.4 is 5.73 Å². The summed E-state index contributed by atoms with van der Waals surface area (Å²) in [6.07, 6.45) is 4.58. The number of amides is 1. The van der Waals surface area contributed by atoms with E-state index in [1.165, 1.54) is 25.8 Å². The van der Waals surface area contributed by atoms with Gasteiger partial charge >= 0.3 is 0 Å². The molecule has 0 bridgehead atoms. The molecule has 3 heterocycles. The number of nitrogens with two attached hydrogens (primary N) is 1. The summed E-state index contributed by atoms with van der Waals surface area (Å²) in [5.74, 6) is 0.0924. The standard InChI is InChI=1S/C14H22N4OS.2ClH/c15-5-4-13-16-12(10-20-13)14(19)18-8-7-17-6-2-1-3-11(17)9-18;;/h10-11H,1-9,15H2;2*1H. The highest BCUT2D eigenvalue weighted by Gasteiger charge is 2.31. The van der Waals surface area contributed by atoms with E-state index in [9.17, 15) is 4.79 Å². The molecule has 2 fully saturated rings. The summed E-state index contributed by atoms with van der Waals surface area (Å²) in [6.45, 7) is 4.49. The van der Waals surface area contributed by atoms with E-state index in [-0.39, 0.29) is 30.7 Å². The lowest BCUT2D eigenvalue weighted by atomic mass is 9.99. The van der Waals surface area contributed by atoms with Gasteiger partial charge in [0.05, 0.1) is 5.01 Å². The van der Waals surface area contributed by atoms with Crippen molar-refractivity contribution in [1.29, 1.82) is 0 Å². The summed E-state index contributed by atoms with van der Waals surface area (Å²) in [4.78, 5) is 21.4. The van der Waals surface area contributed by atoms with E-state index in [0.29, 0.717) is 18.3 Å². The van der Waals surface area contributed by atoms with Crippen LogP contribution in [-0.2, 0) is 6.42 Å². The number of aromatic nitrogens is 1. The van der Waals surface area contributed by atoms with E-state index >= 15 is 0 Å². The molecule has 2 saturated heterocycles. The number of piperazine rings is 1. The van der Waals surface area contributed by atoms with Crippen molar-refractivity contribution in [1.82, 2.24) is 14.8 Å². The molecule has 5 nitrogen and oxygen atoms in total. The molecule has 22 heavy (non-hydrogen) atoms. The molecule has 0 saturated carbocycles. The zero-order valence-electron chi connectivity index (χ0n) is 12.6. The molecule has 1 aromatic heterocycles. The SMILES string of the molecule is Cl.Cl.NCCc1nc(C(=O)N2CCN3CCCCC3C2)cs1. The minimum atomic E-state index is 0. The van der Waals surface area contributed by atoms with E-state index in [1.54, 1.807) is 11.3 Å². The Hall–Kier alpha value is -0.400. The van der Waals surface area contributed by atoms with E-state index < -0.39 is 0 Å². The second kappa shape index (κ2) is 9.03. The van der Waals surface area contributed by atoms with E-state index in [1.807, 2.05) is 10.3 Å². The molecule has 1 amide bonds. The van der Waals surface area contributed by atoms with Gasteiger partial charge in [0.2, 0.25) is 0 Å². The number of nitrogens with zero attached hydrogens (tertiary/aromatic N) is 3. The summed E-state index contributed by atoms with van der Waals surface area (Å²) in [5, 5.41) is 2.84. The van der Waals surface area contributed by atoms with Gasteiger partial charge in [-0.1, -0.05) is 6.42 Å². The fourth-order valence-electron chi connectivity index (χ4n) is 3.15. The lowest BCUT2D eigenvalue weighted by Crippen LogP contribution is -2.56. The Balaban J connectivity index is 0.00000121. The van der Waals surface area contributed by atoms with E-state index in [4.69, 9.17) is 5.73 Å². The molecule has 0 aromatic carbocycles. The molecule has 1 unspecified atom stereocenters. The first kappa shape index (κ1) is 19.6. The third-order valence-corrected chi connectivity index (χ3v) is 5.16. The van der Waals surface area contributed by atoms with Crippen molar-refractivity contribution in [2.45, 2.75) is 31.7 Å². The average Bonchev–Trinajstić information content (AvgIpc) is 2.95. The van der Waals surface area contributed by atoms with Crippen molar-refractivity contribution >= 4 is 42.1 Å². The van der Waals surface area contributed by atoms with Gasteiger partial charge in [0, 0.05) is 37.5 Å². The van der Waals surface area contributed by atoms with Crippen LogP contribution in [-0.4, -0.2) is 59.5 Å². The Bertz CT molecular complexity index is 485. The zero-order valence-corrected chi connectivity index (χ0v) is 15.0. The van der Waals surface area contributed by atoms with Crippen LogP contribution in [0.2, 0.25) is 0 Å². The van der Waals surface area contributed by atoms with E-state index in [2.05, 4.69) is 9.88 Å². The smallest absolute Gasteiger partial charge is 0.273 e. The molecule has 2 N–H and O–H groups in total. The van der Waals surface area contributed by atoms with Crippen LogP contribution in [0.4, 0.5) is 0 Å². The van der Waals surface area contributed by atoms with Gasteiger partial charge in [0.15, 0.2) is 0 Å². The predicted octanol–water partition coefficient (Wildman–Crippen LogP) is 1.80. The molecule has 8 heteroatoms. The third-order valence-electron chi connectivity index (χ3n) is 4.25. The number of hydrogen-bond donors (Lipinski definition) is 1. The monoisotopic (exact) mass is 366 g/mol. The molecule has 1 aromatic rings. The molecular formula is C14H24Cl2N4OS. The molecule has 126 valence electrons. The van der Waals surface area contributed by atoms with Crippen LogP contribution in [0.15, 0.2) is 5.38 Å². The number of carbonyl (C=O) groups is 1. The Kier molecular flexibility index (Phi) is 8.07. The second-order valence-electron chi connectivity index (χ2n) is 5.60. The Morgan fingerprint density at radius 3 is 2.91 bits per heavy atom. The molecule has 0 spiro atoms. The fourth-order valence-corrected chi connectivity index (χ4v) is 3.94. The maximum absolute atomic E-state index is 12.5. The molecule has 2 aliphatic heterocycles. The van der Waals surface area contributed by atoms with E-state index in [0.717, 1.165) is 31.1 Å². The Morgan fingerprint density at radius 2 is 2.14 bits per heavy atom. The minimum absolute atomic E-state index is 0. The highest BCUT2D eigenvalue weighted by atomic mass is 35.5. The van der Waals surface area contributed by atoms with Gasteiger partial charge in [-0.3, -0.25) is 9.69 Å². The van der Waals surface area contributed by atoms with Crippen molar-refractivity contribution in [2.75, 3.05) is 32.7 Å². The zero-order chi connectivity index (χ0) is 13.9. The summed E-state index contributed by atoms with van der Waals surface area (Å²) < 4.78 is 0. The molecule has 0 radical (unpaired) electrons. The predicted molar refractivity (Wildman–Crippen MR) is 94.5 cm³/mol. The number of piperidine rings is 1. The van der Waals surface area contributed by atoms with Crippen LogP contribution >= 0.6 is 36.2 Å². The van der Waals surface area contributed by atoms with Gasteiger partial charge < -0.3 is 10.6 Å².